The van der Waals surface area contributed by atoms with Crippen LogP contribution in [0.1, 0.15) is 37.6 Å². The summed E-state index contributed by atoms with van der Waals surface area (Å²) in [6.45, 7) is 6.91. The first-order valence-corrected chi connectivity index (χ1v) is 10.2. The first-order chi connectivity index (χ1) is 13.8. The number of nitrogens with two attached hydrogens (primary N) is 1. The molecule has 154 valence electrons. The topological polar surface area (TPSA) is 97.7 Å². The number of aromatic nitrogens is 3. The molecular formula is C21H29N7O. The van der Waals surface area contributed by atoms with Gasteiger partial charge in [0, 0.05) is 18.7 Å². The van der Waals surface area contributed by atoms with Crippen molar-refractivity contribution in [1.82, 2.24) is 19.7 Å². The van der Waals surface area contributed by atoms with Crippen molar-refractivity contribution in [2.24, 2.45) is 23.7 Å². The zero-order chi connectivity index (χ0) is 20.5. The van der Waals surface area contributed by atoms with Gasteiger partial charge < -0.3 is 20.4 Å². The zero-order valence-corrected chi connectivity index (χ0v) is 17.7. The molecule has 3 unspecified atom stereocenters. The number of hydrogen-bond acceptors (Lipinski definition) is 6. The van der Waals surface area contributed by atoms with Crippen LogP contribution in [0.3, 0.4) is 0 Å². The van der Waals surface area contributed by atoms with Crippen LogP contribution in [0.25, 0.3) is 17.5 Å². The second-order valence-electron chi connectivity index (χ2n) is 9.06. The van der Waals surface area contributed by atoms with Crippen LogP contribution in [-0.4, -0.2) is 46.2 Å². The number of amidine groups is 1. The smallest absolute Gasteiger partial charge is 0.138 e. The average Bonchev–Trinajstić information content (AvgIpc) is 3.25. The molecule has 29 heavy (non-hydrogen) atoms. The van der Waals surface area contributed by atoms with Gasteiger partial charge in [-0.1, -0.05) is 12.2 Å². The summed E-state index contributed by atoms with van der Waals surface area (Å²) in [5, 5.41) is 11.6. The van der Waals surface area contributed by atoms with Gasteiger partial charge >= 0.3 is 0 Å². The molecule has 8 heteroatoms. The number of epoxide rings is 1. The van der Waals surface area contributed by atoms with Crippen molar-refractivity contribution in [3.05, 3.63) is 29.0 Å². The van der Waals surface area contributed by atoms with Crippen LogP contribution in [0.2, 0.25) is 0 Å². The molecule has 0 radical (unpaired) electrons. The van der Waals surface area contributed by atoms with Gasteiger partial charge in [0.25, 0.3) is 0 Å². The lowest BCUT2D eigenvalue weighted by atomic mass is 9.91. The van der Waals surface area contributed by atoms with Crippen molar-refractivity contribution < 1.29 is 4.74 Å². The van der Waals surface area contributed by atoms with E-state index in [0.717, 1.165) is 29.2 Å². The lowest BCUT2D eigenvalue weighted by Crippen LogP contribution is -2.28. The summed E-state index contributed by atoms with van der Waals surface area (Å²) >= 11 is 0. The van der Waals surface area contributed by atoms with Crippen LogP contribution in [0.4, 0.5) is 5.82 Å². The van der Waals surface area contributed by atoms with Crippen molar-refractivity contribution in [3.63, 3.8) is 0 Å². The van der Waals surface area contributed by atoms with E-state index in [9.17, 15) is 0 Å². The third kappa shape index (κ3) is 2.81. The molecule has 1 saturated heterocycles. The fourth-order valence-electron chi connectivity index (χ4n) is 4.49. The Bertz CT molecular complexity index is 1040. The summed E-state index contributed by atoms with van der Waals surface area (Å²) < 4.78 is 10.0. The van der Waals surface area contributed by atoms with Gasteiger partial charge in [0.15, 0.2) is 0 Å². The van der Waals surface area contributed by atoms with E-state index in [1.165, 1.54) is 11.3 Å². The number of rotatable bonds is 3. The maximum atomic E-state index is 6.32. The Balaban J connectivity index is 1.58. The Labute approximate surface area is 170 Å². The molecule has 0 amide bonds. The van der Waals surface area contributed by atoms with E-state index in [-0.39, 0.29) is 17.9 Å². The van der Waals surface area contributed by atoms with Crippen LogP contribution in [0.15, 0.2) is 17.1 Å². The minimum absolute atomic E-state index is 0.169. The van der Waals surface area contributed by atoms with Crippen LogP contribution in [-0.2, 0) is 23.7 Å². The highest BCUT2D eigenvalue weighted by atomic mass is 16.6. The molecule has 0 saturated carbocycles. The standard InChI is InChI=1S/C21H29N7O/c1-21(2,3)28-19-15(18(22)24-10-25-19)16(26-28)14-8-11-6-7-12(9-13(11)27(14)5)17-20(23-4)29-17/h6-8,12,17,20,23,25H,9-10H2,1-5H3,(H2,22,24). The van der Waals surface area contributed by atoms with Crippen LogP contribution in [0, 0.1) is 5.92 Å². The van der Waals surface area contributed by atoms with Gasteiger partial charge in [-0.3, -0.25) is 5.32 Å². The largest absolute Gasteiger partial charge is 0.383 e. The summed E-state index contributed by atoms with van der Waals surface area (Å²) in [5.41, 5.74) is 11.5. The van der Waals surface area contributed by atoms with Gasteiger partial charge in [-0.2, -0.15) is 5.10 Å². The fourth-order valence-corrected chi connectivity index (χ4v) is 4.49. The highest BCUT2D eigenvalue weighted by Gasteiger charge is 2.44. The minimum atomic E-state index is -0.172. The molecule has 4 heterocycles. The minimum Gasteiger partial charge on any atom is -0.383 e. The van der Waals surface area contributed by atoms with E-state index in [1.807, 2.05) is 11.7 Å². The summed E-state index contributed by atoms with van der Waals surface area (Å²) in [7, 11) is 4.05. The molecule has 2 aliphatic heterocycles. The monoisotopic (exact) mass is 395 g/mol. The van der Waals surface area contributed by atoms with E-state index in [2.05, 4.69) is 66.2 Å². The Hall–Kier alpha value is -2.58. The quantitative estimate of drug-likeness (QED) is 0.689. The SMILES string of the molecule is CNC1OC1C1C=Cc2cc(-c3nn(C(C)(C)C)c4c3C(N)=NCN4)n(C)c2C1. The van der Waals surface area contributed by atoms with E-state index in [4.69, 9.17) is 15.6 Å². The average molecular weight is 396 g/mol. The van der Waals surface area contributed by atoms with Gasteiger partial charge in [-0.25, -0.2) is 9.67 Å². The van der Waals surface area contributed by atoms with Crippen LogP contribution < -0.4 is 16.4 Å². The Morgan fingerprint density at radius 2 is 2.14 bits per heavy atom. The second-order valence-corrected chi connectivity index (χ2v) is 9.06. The molecular weight excluding hydrogens is 366 g/mol. The molecule has 2 aromatic heterocycles. The van der Waals surface area contributed by atoms with Crippen molar-refractivity contribution in [2.45, 2.75) is 45.1 Å². The number of aliphatic imine (C=N–C) groups is 1. The molecule has 3 atom stereocenters. The molecule has 0 bridgehead atoms. The molecule has 5 rings (SSSR count). The van der Waals surface area contributed by atoms with Crippen molar-refractivity contribution in [3.8, 4) is 11.4 Å². The van der Waals surface area contributed by atoms with Crippen LogP contribution in [0.5, 0.6) is 0 Å². The van der Waals surface area contributed by atoms with Gasteiger partial charge in [0.2, 0.25) is 0 Å². The number of nitrogens with one attached hydrogen (secondary N) is 2. The number of likely N-dealkylation sites (N-methyl/N-ethyl adjacent to an activating group) is 1. The normalized spacial score (nSPS) is 25.3. The van der Waals surface area contributed by atoms with Gasteiger partial charge in [0.05, 0.1) is 16.8 Å². The Morgan fingerprint density at radius 1 is 1.34 bits per heavy atom. The molecule has 0 aromatic carbocycles. The summed E-state index contributed by atoms with van der Waals surface area (Å²) in [4.78, 5) is 4.41. The number of ether oxygens (including phenoxy) is 1. The predicted molar refractivity (Wildman–Crippen MR) is 115 cm³/mol. The molecule has 1 aliphatic carbocycles. The van der Waals surface area contributed by atoms with Crippen molar-refractivity contribution >= 4 is 17.7 Å². The van der Waals surface area contributed by atoms with Crippen molar-refractivity contribution in [1.29, 1.82) is 0 Å². The summed E-state index contributed by atoms with van der Waals surface area (Å²) in [5.74, 6) is 1.87. The highest BCUT2D eigenvalue weighted by Crippen LogP contribution is 2.39. The van der Waals surface area contributed by atoms with E-state index in [1.54, 1.807) is 0 Å². The number of nitrogens with zero attached hydrogens (tertiary/aromatic N) is 4. The number of hydrogen-bond donors (Lipinski definition) is 3. The fraction of sp³-hybridized carbons (Fsp3) is 0.524. The molecule has 4 N–H and O–H groups in total. The third-order valence-corrected chi connectivity index (χ3v) is 6.09. The zero-order valence-electron chi connectivity index (χ0n) is 17.7. The maximum Gasteiger partial charge on any atom is 0.138 e. The second kappa shape index (κ2) is 6.21. The first-order valence-electron chi connectivity index (χ1n) is 10.2. The van der Waals surface area contributed by atoms with E-state index < -0.39 is 0 Å². The maximum absolute atomic E-state index is 6.32. The number of fused-ring (bicyclic) bond motifs is 2. The summed E-state index contributed by atoms with van der Waals surface area (Å²) in [6.07, 6.45) is 5.86. The van der Waals surface area contributed by atoms with Gasteiger partial charge in [-0.15, -0.1) is 0 Å². The van der Waals surface area contributed by atoms with Gasteiger partial charge in [0.1, 0.15) is 36.3 Å². The van der Waals surface area contributed by atoms with Crippen molar-refractivity contribution in [2.75, 3.05) is 19.0 Å². The third-order valence-electron chi connectivity index (χ3n) is 6.09. The highest BCUT2D eigenvalue weighted by molar-refractivity contribution is 6.08. The molecule has 2 aromatic rings. The molecule has 1 fully saturated rings. The predicted octanol–water partition coefficient (Wildman–Crippen LogP) is 1.86. The first kappa shape index (κ1) is 18.4. The van der Waals surface area contributed by atoms with E-state index >= 15 is 0 Å². The lowest BCUT2D eigenvalue weighted by Gasteiger charge is -2.24. The van der Waals surface area contributed by atoms with Gasteiger partial charge in [-0.05, 0) is 45.9 Å². The van der Waals surface area contributed by atoms with Crippen LogP contribution >= 0.6 is 0 Å². The molecule has 8 nitrogen and oxygen atoms in total. The summed E-state index contributed by atoms with van der Waals surface area (Å²) in [6, 6.07) is 2.21. The molecule has 0 spiro atoms. The Kier molecular flexibility index (Phi) is 3.95. The Morgan fingerprint density at radius 3 is 2.83 bits per heavy atom. The molecule has 3 aliphatic rings. The lowest BCUT2D eigenvalue weighted by molar-refractivity contribution is 0.326. The van der Waals surface area contributed by atoms with E-state index in [0.29, 0.717) is 18.4 Å². The number of anilines is 1.